The number of carbonyl (C=O) groups is 1. The molecule has 0 saturated heterocycles. The Bertz CT molecular complexity index is 1080. The zero-order valence-electron chi connectivity index (χ0n) is 16.9. The third kappa shape index (κ3) is 5.05. The van der Waals surface area contributed by atoms with Gasteiger partial charge >= 0.3 is 6.36 Å². The first kappa shape index (κ1) is 20.9. The van der Waals surface area contributed by atoms with Gasteiger partial charge in [-0.2, -0.15) is 0 Å². The minimum absolute atomic E-state index is 0.0561. The summed E-state index contributed by atoms with van der Waals surface area (Å²) in [4.78, 5) is 19.0. The summed E-state index contributed by atoms with van der Waals surface area (Å²) in [5.41, 5.74) is 5.57. The fraction of sp³-hybridized carbons (Fsp3) is 0.250. The van der Waals surface area contributed by atoms with Gasteiger partial charge in [-0.05, 0) is 66.3 Å². The van der Waals surface area contributed by atoms with Gasteiger partial charge in [0.05, 0.1) is 0 Å². The lowest BCUT2D eigenvalue weighted by molar-refractivity contribution is -0.274. The smallest absolute Gasteiger partial charge is 0.406 e. The van der Waals surface area contributed by atoms with E-state index in [-0.39, 0.29) is 11.7 Å². The number of nitrogens with zero attached hydrogens (tertiary/aromatic N) is 2. The summed E-state index contributed by atoms with van der Waals surface area (Å²) in [5, 5.41) is 0. The number of hydrogen-bond donors (Lipinski definition) is 0. The summed E-state index contributed by atoms with van der Waals surface area (Å²) < 4.78 is 40.8. The minimum atomic E-state index is -4.72. The molecular formula is C24H21F3N2O2. The normalized spacial score (nSPS) is 13.4. The maximum absolute atomic E-state index is 12.9. The topological polar surface area (TPSA) is 42.4 Å². The molecule has 1 aromatic heterocycles. The van der Waals surface area contributed by atoms with Gasteiger partial charge < -0.3 is 9.64 Å². The summed E-state index contributed by atoms with van der Waals surface area (Å²) in [7, 11) is 0. The van der Waals surface area contributed by atoms with Crippen molar-refractivity contribution in [3.8, 4) is 5.75 Å². The highest BCUT2D eigenvalue weighted by atomic mass is 19.4. The van der Waals surface area contributed by atoms with E-state index in [1.165, 1.54) is 12.1 Å². The van der Waals surface area contributed by atoms with Gasteiger partial charge in [0.2, 0.25) is 0 Å². The number of hydrogen-bond acceptors (Lipinski definition) is 3. The average molecular weight is 426 g/mol. The fourth-order valence-electron chi connectivity index (χ4n) is 3.91. The maximum atomic E-state index is 12.9. The fourth-order valence-corrected chi connectivity index (χ4v) is 3.91. The number of benzene rings is 2. The van der Waals surface area contributed by atoms with E-state index in [1.807, 2.05) is 31.2 Å². The molecule has 0 radical (unpaired) electrons. The van der Waals surface area contributed by atoms with Crippen molar-refractivity contribution >= 4 is 5.91 Å². The molecule has 0 bridgehead atoms. The Morgan fingerprint density at radius 2 is 1.81 bits per heavy atom. The van der Waals surface area contributed by atoms with Crippen LogP contribution in [-0.4, -0.2) is 22.2 Å². The number of aromatic nitrogens is 1. The summed E-state index contributed by atoms with van der Waals surface area (Å²) in [6.45, 7) is 2.74. The van der Waals surface area contributed by atoms with Crippen LogP contribution in [0.2, 0.25) is 0 Å². The van der Waals surface area contributed by atoms with Gasteiger partial charge in [0.25, 0.3) is 5.91 Å². The molecule has 1 aliphatic heterocycles. The number of carbonyl (C=O) groups excluding carboxylic acids is 1. The lowest BCUT2D eigenvalue weighted by Gasteiger charge is -2.16. The summed E-state index contributed by atoms with van der Waals surface area (Å²) >= 11 is 0. The Labute approximate surface area is 178 Å². The van der Waals surface area contributed by atoms with Crippen LogP contribution in [0.15, 0.2) is 60.8 Å². The molecule has 0 N–H and O–H groups in total. The van der Waals surface area contributed by atoms with Crippen molar-refractivity contribution in [1.29, 1.82) is 0 Å². The minimum Gasteiger partial charge on any atom is -0.406 e. The van der Waals surface area contributed by atoms with Gasteiger partial charge in [-0.3, -0.25) is 9.78 Å². The predicted molar refractivity (Wildman–Crippen MR) is 110 cm³/mol. The van der Waals surface area contributed by atoms with E-state index in [9.17, 15) is 18.0 Å². The molecule has 4 nitrogen and oxygen atoms in total. The summed E-state index contributed by atoms with van der Waals surface area (Å²) in [5.74, 6) is -0.333. The molecule has 0 saturated carbocycles. The van der Waals surface area contributed by atoms with E-state index in [0.29, 0.717) is 13.1 Å². The molecule has 0 fully saturated rings. The van der Waals surface area contributed by atoms with Crippen LogP contribution >= 0.6 is 0 Å². The number of rotatable bonds is 6. The van der Waals surface area contributed by atoms with Crippen LogP contribution in [0.5, 0.6) is 5.75 Å². The van der Waals surface area contributed by atoms with Crippen LogP contribution in [0.1, 0.15) is 38.3 Å². The molecule has 1 aliphatic rings. The number of ether oxygens (including phenoxy) is 1. The molecular weight excluding hydrogens is 405 g/mol. The first-order chi connectivity index (χ1) is 14.8. The number of amides is 1. The number of alkyl halides is 3. The van der Waals surface area contributed by atoms with Gasteiger partial charge in [-0.1, -0.05) is 30.3 Å². The maximum Gasteiger partial charge on any atom is 0.573 e. The van der Waals surface area contributed by atoms with Crippen molar-refractivity contribution in [3.05, 3.63) is 94.3 Å². The molecule has 0 aliphatic carbocycles. The molecule has 1 amide bonds. The Balaban J connectivity index is 1.44. The number of fused-ring (bicyclic) bond motifs is 1. The molecule has 160 valence electrons. The number of aryl methyl sites for hydroxylation is 3. The van der Waals surface area contributed by atoms with E-state index in [4.69, 9.17) is 0 Å². The molecule has 0 atom stereocenters. The van der Waals surface area contributed by atoms with Gasteiger partial charge in [-0.15, -0.1) is 13.2 Å². The average Bonchev–Trinajstić information content (AvgIpc) is 3.03. The first-order valence-corrected chi connectivity index (χ1v) is 9.95. The Kier molecular flexibility index (Phi) is 5.67. The zero-order chi connectivity index (χ0) is 22.0. The highest BCUT2D eigenvalue weighted by molar-refractivity contribution is 5.99. The van der Waals surface area contributed by atoms with Gasteiger partial charge in [0.15, 0.2) is 0 Å². The van der Waals surface area contributed by atoms with Crippen molar-refractivity contribution < 1.29 is 22.7 Å². The van der Waals surface area contributed by atoms with E-state index < -0.39 is 6.36 Å². The van der Waals surface area contributed by atoms with Crippen LogP contribution in [0, 0.1) is 6.92 Å². The first-order valence-electron chi connectivity index (χ1n) is 9.95. The van der Waals surface area contributed by atoms with Gasteiger partial charge in [-0.25, -0.2) is 0 Å². The van der Waals surface area contributed by atoms with E-state index >= 15 is 0 Å². The Morgan fingerprint density at radius 3 is 2.48 bits per heavy atom. The van der Waals surface area contributed by atoms with E-state index in [1.54, 1.807) is 23.2 Å². The van der Waals surface area contributed by atoms with Crippen molar-refractivity contribution in [3.63, 3.8) is 0 Å². The lowest BCUT2D eigenvalue weighted by atomic mass is 9.97. The third-order valence-corrected chi connectivity index (χ3v) is 5.27. The van der Waals surface area contributed by atoms with Crippen molar-refractivity contribution in [2.24, 2.45) is 0 Å². The highest BCUT2D eigenvalue weighted by Gasteiger charge is 2.31. The second-order valence-electron chi connectivity index (χ2n) is 7.62. The molecule has 4 rings (SSSR count). The molecule has 0 unspecified atom stereocenters. The van der Waals surface area contributed by atoms with Crippen LogP contribution in [-0.2, 0) is 25.9 Å². The number of halogens is 3. The van der Waals surface area contributed by atoms with Gasteiger partial charge in [0, 0.05) is 30.5 Å². The quantitative estimate of drug-likeness (QED) is 0.542. The SMILES string of the molecule is Cc1cc(CCc2ccccn2)cc2c1C(=O)N(Cc1ccc(OC(F)(F)F)cc1)C2. The predicted octanol–water partition coefficient (Wildman–Crippen LogP) is 5.23. The van der Waals surface area contributed by atoms with Crippen LogP contribution < -0.4 is 4.74 Å². The van der Waals surface area contributed by atoms with Crippen LogP contribution in [0.25, 0.3) is 0 Å². The molecule has 31 heavy (non-hydrogen) atoms. The molecule has 3 aromatic rings. The Morgan fingerprint density at radius 1 is 1.03 bits per heavy atom. The Hall–Kier alpha value is -3.35. The summed E-state index contributed by atoms with van der Waals surface area (Å²) in [6.07, 6.45) is -1.29. The number of pyridine rings is 1. The summed E-state index contributed by atoms with van der Waals surface area (Å²) in [6, 6.07) is 15.6. The molecule has 2 heterocycles. The largest absolute Gasteiger partial charge is 0.573 e. The molecule has 0 spiro atoms. The van der Waals surface area contributed by atoms with Crippen molar-refractivity contribution in [1.82, 2.24) is 9.88 Å². The molecule has 2 aromatic carbocycles. The second-order valence-corrected chi connectivity index (χ2v) is 7.62. The third-order valence-electron chi connectivity index (χ3n) is 5.27. The second kappa shape index (κ2) is 8.41. The van der Waals surface area contributed by atoms with Crippen molar-refractivity contribution in [2.75, 3.05) is 0 Å². The zero-order valence-corrected chi connectivity index (χ0v) is 16.9. The standard InChI is InChI=1S/C24H21F3N2O2/c1-16-12-18(5-8-20-4-2-3-11-28-20)13-19-15-29(23(30)22(16)19)14-17-6-9-21(10-7-17)31-24(25,26)27/h2-4,6-7,9-13H,5,8,14-15H2,1H3. The monoisotopic (exact) mass is 426 g/mol. The van der Waals surface area contributed by atoms with Gasteiger partial charge in [0.1, 0.15) is 5.75 Å². The lowest BCUT2D eigenvalue weighted by Crippen LogP contribution is -2.23. The van der Waals surface area contributed by atoms with Crippen LogP contribution in [0.3, 0.4) is 0 Å². The van der Waals surface area contributed by atoms with E-state index in [2.05, 4.69) is 15.8 Å². The van der Waals surface area contributed by atoms with Crippen LogP contribution in [0.4, 0.5) is 13.2 Å². The van der Waals surface area contributed by atoms with Crippen molar-refractivity contribution in [2.45, 2.75) is 39.2 Å². The molecule has 7 heteroatoms. The van der Waals surface area contributed by atoms with E-state index in [0.717, 1.165) is 46.4 Å². The highest BCUT2D eigenvalue weighted by Crippen LogP contribution is 2.30.